The van der Waals surface area contributed by atoms with E-state index in [4.69, 9.17) is 5.73 Å². The summed E-state index contributed by atoms with van der Waals surface area (Å²) in [6.45, 7) is 0.647. The third-order valence-corrected chi connectivity index (χ3v) is 4.07. The van der Waals surface area contributed by atoms with E-state index in [1.54, 1.807) is 16.2 Å². The summed E-state index contributed by atoms with van der Waals surface area (Å²) < 4.78 is 1.08. The van der Waals surface area contributed by atoms with Crippen LogP contribution < -0.4 is 16.0 Å². The van der Waals surface area contributed by atoms with E-state index < -0.39 is 0 Å². The molecule has 6 nitrogen and oxygen atoms in total. The van der Waals surface area contributed by atoms with Crippen molar-refractivity contribution in [2.75, 3.05) is 30.0 Å². The standard InChI is InChI=1S/C10H13BrN6S/c1-17(2)10-15-8(12)14-9(16-10)13-5-7-6(11)3-4-18-7/h3-4H,5H2,1-2H3,(H3,12,13,14,15,16). The maximum absolute atomic E-state index is 5.64. The number of thiophene rings is 1. The molecule has 0 atom stereocenters. The second-order valence-corrected chi connectivity index (χ2v) is 5.61. The SMILES string of the molecule is CN(C)c1nc(N)nc(NCc2sccc2Br)n1. The van der Waals surface area contributed by atoms with Gasteiger partial charge < -0.3 is 16.0 Å². The average molecular weight is 329 g/mol. The lowest BCUT2D eigenvalue weighted by Crippen LogP contribution is -2.16. The summed E-state index contributed by atoms with van der Waals surface area (Å²) in [7, 11) is 3.71. The minimum absolute atomic E-state index is 0.210. The first-order valence-electron chi connectivity index (χ1n) is 5.21. The van der Waals surface area contributed by atoms with E-state index >= 15 is 0 Å². The summed E-state index contributed by atoms with van der Waals surface area (Å²) in [5.41, 5.74) is 5.64. The molecule has 0 aliphatic rings. The highest BCUT2D eigenvalue weighted by Crippen LogP contribution is 2.23. The van der Waals surface area contributed by atoms with Crippen LogP contribution in [-0.4, -0.2) is 29.0 Å². The van der Waals surface area contributed by atoms with E-state index in [0.29, 0.717) is 18.4 Å². The van der Waals surface area contributed by atoms with Gasteiger partial charge in [0, 0.05) is 23.4 Å². The maximum Gasteiger partial charge on any atom is 0.231 e. The zero-order valence-electron chi connectivity index (χ0n) is 10.0. The Labute approximate surface area is 117 Å². The number of nitrogens with two attached hydrogens (primary N) is 1. The largest absolute Gasteiger partial charge is 0.368 e. The van der Waals surface area contributed by atoms with Gasteiger partial charge in [-0.15, -0.1) is 11.3 Å². The van der Waals surface area contributed by atoms with Crippen molar-refractivity contribution in [1.29, 1.82) is 0 Å². The zero-order valence-corrected chi connectivity index (χ0v) is 12.4. The summed E-state index contributed by atoms with van der Waals surface area (Å²) in [6.07, 6.45) is 0. The summed E-state index contributed by atoms with van der Waals surface area (Å²) >= 11 is 5.14. The first kappa shape index (κ1) is 13.0. The van der Waals surface area contributed by atoms with Gasteiger partial charge in [0.2, 0.25) is 17.8 Å². The Balaban J connectivity index is 2.12. The highest BCUT2D eigenvalue weighted by Gasteiger charge is 2.07. The molecule has 0 aliphatic carbocycles. The number of nitrogens with zero attached hydrogens (tertiary/aromatic N) is 4. The molecule has 0 spiro atoms. The van der Waals surface area contributed by atoms with Crippen LogP contribution in [0.2, 0.25) is 0 Å². The van der Waals surface area contributed by atoms with Crippen LogP contribution in [0.15, 0.2) is 15.9 Å². The topological polar surface area (TPSA) is 80.0 Å². The van der Waals surface area contributed by atoms with Crippen molar-refractivity contribution in [2.45, 2.75) is 6.54 Å². The van der Waals surface area contributed by atoms with E-state index in [-0.39, 0.29) is 5.95 Å². The lowest BCUT2D eigenvalue weighted by Gasteiger charge is -2.11. The fourth-order valence-electron chi connectivity index (χ4n) is 1.27. The normalized spacial score (nSPS) is 10.4. The Hall–Kier alpha value is -1.41. The number of nitrogens with one attached hydrogen (secondary N) is 1. The third-order valence-electron chi connectivity index (χ3n) is 2.14. The Morgan fingerprint density at radius 2 is 2.17 bits per heavy atom. The Morgan fingerprint density at radius 1 is 1.39 bits per heavy atom. The van der Waals surface area contributed by atoms with Crippen molar-refractivity contribution < 1.29 is 0 Å². The van der Waals surface area contributed by atoms with Gasteiger partial charge >= 0.3 is 0 Å². The molecule has 8 heteroatoms. The lowest BCUT2D eigenvalue weighted by molar-refractivity contribution is 0.952. The molecule has 0 unspecified atom stereocenters. The third kappa shape index (κ3) is 3.08. The summed E-state index contributed by atoms with van der Waals surface area (Å²) in [4.78, 5) is 15.3. The molecule has 0 aliphatic heterocycles. The molecule has 0 radical (unpaired) electrons. The van der Waals surface area contributed by atoms with E-state index in [1.807, 2.05) is 25.5 Å². The van der Waals surface area contributed by atoms with E-state index in [0.717, 1.165) is 4.47 Å². The molecule has 0 aromatic carbocycles. The first-order chi connectivity index (χ1) is 8.56. The highest BCUT2D eigenvalue weighted by molar-refractivity contribution is 9.10. The Morgan fingerprint density at radius 3 is 2.78 bits per heavy atom. The fraction of sp³-hybridized carbons (Fsp3) is 0.300. The number of halogens is 1. The molecule has 3 N–H and O–H groups in total. The number of hydrogen-bond donors (Lipinski definition) is 2. The molecule has 2 aromatic heterocycles. The molecule has 18 heavy (non-hydrogen) atoms. The van der Waals surface area contributed by atoms with Crippen LogP contribution in [0.5, 0.6) is 0 Å². The van der Waals surface area contributed by atoms with Crippen molar-refractivity contribution in [3.05, 3.63) is 20.8 Å². The van der Waals surface area contributed by atoms with E-state index in [1.165, 1.54) is 4.88 Å². The number of anilines is 3. The molecule has 0 saturated carbocycles. The van der Waals surface area contributed by atoms with Gasteiger partial charge in [-0.05, 0) is 27.4 Å². The highest BCUT2D eigenvalue weighted by atomic mass is 79.9. The van der Waals surface area contributed by atoms with Gasteiger partial charge in [-0.25, -0.2) is 0 Å². The lowest BCUT2D eigenvalue weighted by atomic mass is 10.5. The molecule has 2 aromatic rings. The molecule has 0 saturated heterocycles. The van der Waals surface area contributed by atoms with Gasteiger partial charge in [0.05, 0.1) is 6.54 Å². The van der Waals surface area contributed by atoms with Crippen molar-refractivity contribution in [3.8, 4) is 0 Å². The van der Waals surface area contributed by atoms with Crippen LogP contribution in [0.25, 0.3) is 0 Å². The number of nitrogen functional groups attached to an aromatic ring is 1. The van der Waals surface area contributed by atoms with Crippen molar-refractivity contribution >= 4 is 45.1 Å². The van der Waals surface area contributed by atoms with Crippen molar-refractivity contribution in [3.63, 3.8) is 0 Å². The second-order valence-electron chi connectivity index (χ2n) is 3.76. The van der Waals surface area contributed by atoms with Gasteiger partial charge in [0.1, 0.15) is 0 Å². The Bertz CT molecular complexity index is 541. The summed E-state index contributed by atoms with van der Waals surface area (Å²) in [6, 6.07) is 2.01. The van der Waals surface area contributed by atoms with Crippen molar-refractivity contribution in [1.82, 2.24) is 15.0 Å². The van der Waals surface area contributed by atoms with Gasteiger partial charge in [-0.2, -0.15) is 15.0 Å². The first-order valence-corrected chi connectivity index (χ1v) is 6.88. The van der Waals surface area contributed by atoms with E-state index in [2.05, 4.69) is 36.2 Å². The summed E-state index contributed by atoms with van der Waals surface area (Å²) in [5.74, 6) is 1.23. The molecule has 0 bridgehead atoms. The van der Waals surface area contributed by atoms with Crippen LogP contribution in [-0.2, 0) is 6.54 Å². The number of rotatable bonds is 4. The van der Waals surface area contributed by atoms with Crippen LogP contribution in [0.4, 0.5) is 17.8 Å². The second kappa shape index (κ2) is 5.49. The van der Waals surface area contributed by atoms with Gasteiger partial charge in [0.25, 0.3) is 0 Å². The molecule has 2 rings (SSSR count). The molecular formula is C10H13BrN6S. The smallest absolute Gasteiger partial charge is 0.231 e. The minimum atomic E-state index is 0.210. The van der Waals surface area contributed by atoms with Crippen LogP contribution in [0.3, 0.4) is 0 Å². The van der Waals surface area contributed by atoms with Crippen LogP contribution in [0.1, 0.15) is 4.88 Å². The van der Waals surface area contributed by atoms with Crippen LogP contribution >= 0.6 is 27.3 Å². The maximum atomic E-state index is 5.64. The molecule has 0 amide bonds. The van der Waals surface area contributed by atoms with Gasteiger partial charge in [0.15, 0.2) is 0 Å². The zero-order chi connectivity index (χ0) is 13.1. The fourth-order valence-corrected chi connectivity index (χ4v) is 2.70. The number of hydrogen-bond acceptors (Lipinski definition) is 7. The number of aromatic nitrogens is 3. The Kier molecular flexibility index (Phi) is 3.97. The quantitative estimate of drug-likeness (QED) is 0.893. The predicted octanol–water partition coefficient (Wildman–Crippen LogP) is 1.96. The summed E-state index contributed by atoms with van der Waals surface area (Å²) in [5, 5.41) is 5.16. The predicted molar refractivity (Wildman–Crippen MR) is 77.9 cm³/mol. The van der Waals surface area contributed by atoms with Crippen molar-refractivity contribution in [2.24, 2.45) is 0 Å². The molecular weight excluding hydrogens is 316 g/mol. The van der Waals surface area contributed by atoms with Gasteiger partial charge in [-0.3, -0.25) is 0 Å². The molecule has 0 fully saturated rings. The molecule has 2 heterocycles. The average Bonchev–Trinajstić information content (AvgIpc) is 2.71. The van der Waals surface area contributed by atoms with E-state index in [9.17, 15) is 0 Å². The minimum Gasteiger partial charge on any atom is -0.368 e. The molecule has 96 valence electrons. The van der Waals surface area contributed by atoms with Crippen LogP contribution in [0, 0.1) is 0 Å². The monoisotopic (exact) mass is 328 g/mol. The van der Waals surface area contributed by atoms with Gasteiger partial charge in [-0.1, -0.05) is 0 Å².